The molecule has 6 heteroatoms. The number of aliphatic hydroxyl groups is 1. The molecular weight excluding hydrogens is 376 g/mol. The number of rotatable bonds is 9. The fourth-order valence-corrected chi connectivity index (χ4v) is 4.10. The van der Waals surface area contributed by atoms with Gasteiger partial charge in [0.05, 0.1) is 12.3 Å². The van der Waals surface area contributed by atoms with Crippen LogP contribution in [-0.2, 0) is 24.4 Å². The van der Waals surface area contributed by atoms with Crippen molar-refractivity contribution in [2.24, 2.45) is 5.92 Å². The van der Waals surface area contributed by atoms with Crippen molar-refractivity contribution >= 4 is 17.6 Å². The average molecular weight is 405 g/mol. The zero-order valence-electron chi connectivity index (χ0n) is 16.5. The Balaban J connectivity index is 1.64. The molecule has 1 aliphatic rings. The van der Waals surface area contributed by atoms with Gasteiger partial charge in [-0.25, -0.2) is 4.98 Å². The summed E-state index contributed by atoms with van der Waals surface area (Å²) in [7, 11) is 0. The smallest absolute Gasteiger partial charge is 0.311 e. The van der Waals surface area contributed by atoms with E-state index >= 15 is 0 Å². The number of imidazole rings is 1. The zero-order chi connectivity index (χ0) is 19.9. The molecule has 0 atom stereocenters. The van der Waals surface area contributed by atoms with Crippen LogP contribution in [0.15, 0.2) is 24.3 Å². The molecule has 0 aliphatic heterocycles. The van der Waals surface area contributed by atoms with Crippen molar-refractivity contribution in [1.29, 1.82) is 0 Å². The Morgan fingerprint density at radius 3 is 2.64 bits per heavy atom. The van der Waals surface area contributed by atoms with Gasteiger partial charge in [0.15, 0.2) is 5.15 Å². The second-order valence-electron chi connectivity index (χ2n) is 7.59. The van der Waals surface area contributed by atoms with Gasteiger partial charge in [0.1, 0.15) is 11.6 Å². The highest BCUT2D eigenvalue weighted by Crippen LogP contribution is 2.28. The van der Waals surface area contributed by atoms with E-state index in [0.29, 0.717) is 35.5 Å². The van der Waals surface area contributed by atoms with Gasteiger partial charge >= 0.3 is 5.97 Å². The number of aliphatic hydroxyl groups excluding tert-OH is 1. The van der Waals surface area contributed by atoms with Crippen molar-refractivity contribution in [1.82, 2.24) is 9.55 Å². The monoisotopic (exact) mass is 404 g/mol. The quantitative estimate of drug-likeness (QED) is 0.476. The Morgan fingerprint density at radius 2 is 2.00 bits per heavy atom. The molecule has 1 aromatic carbocycles. The van der Waals surface area contributed by atoms with Gasteiger partial charge in [-0.1, -0.05) is 49.9 Å². The fraction of sp³-hybridized carbons (Fsp3) is 0.545. The van der Waals surface area contributed by atoms with Crippen LogP contribution in [0.4, 0.5) is 0 Å². The van der Waals surface area contributed by atoms with Gasteiger partial charge in [-0.3, -0.25) is 4.79 Å². The largest absolute Gasteiger partial charge is 0.427 e. The van der Waals surface area contributed by atoms with Gasteiger partial charge in [-0.15, -0.1) is 0 Å². The molecule has 0 saturated heterocycles. The number of unbranched alkanes of at least 4 members (excludes halogenated alkanes) is 1. The first kappa shape index (κ1) is 20.9. The molecule has 0 radical (unpaired) electrons. The van der Waals surface area contributed by atoms with E-state index in [9.17, 15) is 9.90 Å². The minimum Gasteiger partial charge on any atom is -0.427 e. The fourth-order valence-electron chi connectivity index (χ4n) is 3.84. The SMILES string of the molecule is CCCCc1nc(Cl)c(CO)n1Cc1ccc(OC(=O)CC2CCCC2)cc1. The highest BCUT2D eigenvalue weighted by Gasteiger charge is 2.20. The lowest BCUT2D eigenvalue weighted by atomic mass is 10.0. The van der Waals surface area contributed by atoms with Gasteiger partial charge in [-0.05, 0) is 42.9 Å². The van der Waals surface area contributed by atoms with Crippen LogP contribution in [0.1, 0.15) is 69.0 Å². The molecule has 1 aliphatic carbocycles. The Kier molecular flexibility index (Phi) is 7.51. The summed E-state index contributed by atoms with van der Waals surface area (Å²) in [6, 6.07) is 7.53. The number of hydrogen-bond donors (Lipinski definition) is 1. The Bertz CT molecular complexity index is 780. The van der Waals surface area contributed by atoms with E-state index in [2.05, 4.69) is 11.9 Å². The summed E-state index contributed by atoms with van der Waals surface area (Å²) in [5.41, 5.74) is 1.68. The Morgan fingerprint density at radius 1 is 1.29 bits per heavy atom. The lowest BCUT2D eigenvalue weighted by Gasteiger charge is -2.12. The second-order valence-corrected chi connectivity index (χ2v) is 7.94. The third-order valence-electron chi connectivity index (χ3n) is 5.43. The van der Waals surface area contributed by atoms with Crippen LogP contribution in [-0.4, -0.2) is 20.6 Å². The molecule has 1 heterocycles. The normalized spacial score (nSPS) is 14.5. The summed E-state index contributed by atoms with van der Waals surface area (Å²) < 4.78 is 7.47. The lowest BCUT2D eigenvalue weighted by Crippen LogP contribution is -2.12. The van der Waals surface area contributed by atoms with Gasteiger partial charge in [0, 0.05) is 19.4 Å². The van der Waals surface area contributed by atoms with Crippen molar-refractivity contribution in [2.75, 3.05) is 0 Å². The van der Waals surface area contributed by atoms with Crippen molar-refractivity contribution < 1.29 is 14.6 Å². The van der Waals surface area contributed by atoms with Crippen molar-refractivity contribution in [3.8, 4) is 5.75 Å². The van der Waals surface area contributed by atoms with Gasteiger partial charge in [0.2, 0.25) is 0 Å². The summed E-state index contributed by atoms with van der Waals surface area (Å²) in [5, 5.41) is 10.0. The van der Waals surface area contributed by atoms with E-state index < -0.39 is 0 Å². The topological polar surface area (TPSA) is 64.3 Å². The molecule has 1 saturated carbocycles. The van der Waals surface area contributed by atoms with Crippen LogP contribution in [0.25, 0.3) is 0 Å². The van der Waals surface area contributed by atoms with Crippen LogP contribution < -0.4 is 4.74 Å². The number of carbonyl (C=O) groups is 1. The maximum Gasteiger partial charge on any atom is 0.311 e. The molecule has 1 N–H and O–H groups in total. The maximum absolute atomic E-state index is 12.1. The van der Waals surface area contributed by atoms with Crippen LogP contribution >= 0.6 is 11.6 Å². The minimum absolute atomic E-state index is 0.144. The average Bonchev–Trinajstić information content (AvgIpc) is 3.29. The Hall–Kier alpha value is -1.85. The zero-order valence-corrected chi connectivity index (χ0v) is 17.2. The van der Waals surface area contributed by atoms with Crippen LogP contribution in [0, 0.1) is 5.92 Å². The number of hydrogen-bond acceptors (Lipinski definition) is 4. The van der Waals surface area contributed by atoms with Crippen LogP contribution in [0.5, 0.6) is 5.75 Å². The molecule has 152 valence electrons. The molecule has 2 aromatic rings. The third kappa shape index (κ3) is 5.36. The molecule has 5 nitrogen and oxygen atoms in total. The number of esters is 1. The summed E-state index contributed by atoms with van der Waals surface area (Å²) in [6.07, 6.45) is 8.14. The summed E-state index contributed by atoms with van der Waals surface area (Å²) in [4.78, 5) is 16.5. The van der Waals surface area contributed by atoms with E-state index in [1.54, 1.807) is 0 Å². The number of aryl methyl sites for hydroxylation is 1. The number of nitrogens with zero attached hydrogens (tertiary/aromatic N) is 2. The van der Waals surface area contributed by atoms with Crippen molar-refractivity contribution in [2.45, 2.75) is 71.4 Å². The standard InChI is InChI=1S/C22H29ClN2O3/c1-2-3-8-20-24-22(23)19(15-26)25(20)14-17-9-11-18(12-10-17)28-21(27)13-16-6-4-5-7-16/h9-12,16,26H,2-8,13-15H2,1H3. The number of benzene rings is 1. The van der Waals surface area contributed by atoms with Crippen LogP contribution in [0.3, 0.4) is 0 Å². The molecule has 1 fully saturated rings. The summed E-state index contributed by atoms with van der Waals surface area (Å²) in [5.74, 6) is 1.80. The van der Waals surface area contributed by atoms with Gasteiger partial charge in [-0.2, -0.15) is 0 Å². The first-order chi connectivity index (χ1) is 13.6. The highest BCUT2D eigenvalue weighted by molar-refractivity contribution is 6.30. The highest BCUT2D eigenvalue weighted by atomic mass is 35.5. The van der Waals surface area contributed by atoms with E-state index in [1.807, 2.05) is 28.8 Å². The van der Waals surface area contributed by atoms with Crippen molar-refractivity contribution in [3.05, 3.63) is 46.5 Å². The molecule has 0 spiro atoms. The molecule has 0 unspecified atom stereocenters. The molecule has 1 aromatic heterocycles. The minimum atomic E-state index is -0.148. The Labute approximate surface area is 171 Å². The summed E-state index contributed by atoms with van der Waals surface area (Å²) in [6.45, 7) is 2.56. The second kappa shape index (κ2) is 10.1. The summed E-state index contributed by atoms with van der Waals surface area (Å²) >= 11 is 6.20. The van der Waals surface area contributed by atoms with Crippen molar-refractivity contribution in [3.63, 3.8) is 0 Å². The number of carbonyl (C=O) groups excluding carboxylic acids is 1. The lowest BCUT2D eigenvalue weighted by molar-refractivity contribution is -0.135. The van der Waals surface area contributed by atoms with E-state index in [1.165, 1.54) is 12.8 Å². The van der Waals surface area contributed by atoms with Gasteiger partial charge in [0.25, 0.3) is 0 Å². The number of ether oxygens (including phenoxy) is 1. The maximum atomic E-state index is 12.1. The van der Waals surface area contributed by atoms with E-state index in [4.69, 9.17) is 16.3 Å². The predicted octanol–water partition coefficient (Wildman–Crippen LogP) is 4.91. The van der Waals surface area contributed by atoms with Gasteiger partial charge < -0.3 is 14.4 Å². The molecule has 28 heavy (non-hydrogen) atoms. The number of aromatic nitrogens is 2. The first-order valence-electron chi connectivity index (χ1n) is 10.2. The third-order valence-corrected chi connectivity index (χ3v) is 5.73. The van der Waals surface area contributed by atoms with E-state index in [-0.39, 0.29) is 12.6 Å². The molecule has 0 amide bonds. The molecule has 3 rings (SSSR count). The number of halogens is 1. The predicted molar refractivity (Wildman–Crippen MR) is 110 cm³/mol. The van der Waals surface area contributed by atoms with Crippen LogP contribution in [0.2, 0.25) is 5.15 Å². The first-order valence-corrected chi connectivity index (χ1v) is 10.6. The van der Waals surface area contributed by atoms with E-state index in [0.717, 1.165) is 43.5 Å². The molecular formula is C22H29ClN2O3. The molecule has 0 bridgehead atoms.